The van der Waals surface area contributed by atoms with Crippen LogP contribution in [-0.2, 0) is 40.9 Å². The van der Waals surface area contributed by atoms with Crippen molar-refractivity contribution in [3.63, 3.8) is 0 Å². The maximum absolute atomic E-state index is 13.2. The number of hydrogen-bond donors (Lipinski definition) is 0. The normalized spacial score (nSPS) is 12.0. The Morgan fingerprint density at radius 2 is 1.38 bits per heavy atom. The van der Waals surface area contributed by atoms with Crippen LogP contribution in [0.4, 0.5) is 0 Å². The highest BCUT2D eigenvalue weighted by molar-refractivity contribution is 7.48. The van der Waals surface area contributed by atoms with Gasteiger partial charge in [0.15, 0.2) is 6.07 Å². The van der Waals surface area contributed by atoms with Gasteiger partial charge in [-0.2, -0.15) is 0 Å². The number of benzene rings is 2. The molecule has 0 atom stereocenters. The van der Waals surface area contributed by atoms with E-state index < -0.39 is 19.2 Å². The lowest BCUT2D eigenvalue weighted by Crippen LogP contribution is -2.24. The molecule has 6 nitrogen and oxygen atoms in total. The molecule has 0 amide bonds. The van der Waals surface area contributed by atoms with Crippen molar-refractivity contribution in [2.45, 2.75) is 33.5 Å². The van der Waals surface area contributed by atoms with E-state index in [9.17, 15) is 9.36 Å². The van der Waals surface area contributed by atoms with Crippen LogP contribution in [0.15, 0.2) is 60.7 Å². The van der Waals surface area contributed by atoms with Gasteiger partial charge in [-0.1, -0.05) is 86.1 Å². The highest BCUT2D eigenvalue weighted by Crippen LogP contribution is 2.52. The quantitative estimate of drug-likeness (QED) is 0.239. The molecule has 8 heteroatoms. The fraction of sp³-hybridized carbons (Fsp3) is 0.381. The fourth-order valence-corrected chi connectivity index (χ4v) is 3.84. The van der Waals surface area contributed by atoms with E-state index in [0.29, 0.717) is 0 Å². The summed E-state index contributed by atoms with van der Waals surface area (Å²) in [5.41, 5.74) is 1.03. The molecule has 0 radical (unpaired) electrons. The average molecular weight is 441 g/mol. The summed E-state index contributed by atoms with van der Waals surface area (Å²) in [5, 5.41) is 0. The number of ether oxygens (including phenoxy) is 1. The lowest BCUT2D eigenvalue weighted by Gasteiger charge is -2.26. The number of esters is 1. The molecule has 0 aromatic heterocycles. The first-order valence-electron chi connectivity index (χ1n) is 9.15. The van der Waals surface area contributed by atoms with E-state index in [1.54, 1.807) is 13.8 Å². The molecular weight excluding hydrogens is 415 g/mol. The zero-order chi connectivity index (χ0) is 21.2. The summed E-state index contributed by atoms with van der Waals surface area (Å²) >= 11 is 5.42. The molecule has 158 valence electrons. The fourth-order valence-electron chi connectivity index (χ4n) is 2.37. The van der Waals surface area contributed by atoms with Crippen molar-refractivity contribution >= 4 is 25.4 Å². The lowest BCUT2D eigenvalue weighted by atomic mass is 9.91. The smallest absolute Gasteiger partial charge is 0.449 e. The molecule has 2 aromatic rings. The third kappa shape index (κ3) is 9.11. The predicted octanol–water partition coefficient (Wildman–Crippen LogP) is 5.70. The van der Waals surface area contributed by atoms with Gasteiger partial charge in [0.05, 0.1) is 26.2 Å². The third-order valence-electron chi connectivity index (χ3n) is 3.92. The SMILES string of the molecule is CC(C)(COP(=O)(OCc1ccccc1)OCc1ccccc1)CC(=O)OCCl. The highest BCUT2D eigenvalue weighted by Gasteiger charge is 2.32. The summed E-state index contributed by atoms with van der Waals surface area (Å²) in [6.45, 7) is 3.71. The number of alkyl halides is 1. The summed E-state index contributed by atoms with van der Waals surface area (Å²) in [7, 11) is -3.88. The summed E-state index contributed by atoms with van der Waals surface area (Å²) in [4.78, 5) is 11.7. The maximum atomic E-state index is 13.2. The maximum Gasteiger partial charge on any atom is 0.475 e. The molecule has 2 aromatic carbocycles. The van der Waals surface area contributed by atoms with Gasteiger partial charge in [0, 0.05) is 0 Å². The number of rotatable bonds is 12. The van der Waals surface area contributed by atoms with E-state index in [1.807, 2.05) is 60.7 Å². The molecule has 0 bridgehead atoms. The van der Waals surface area contributed by atoms with Crippen molar-refractivity contribution in [3.05, 3.63) is 71.8 Å². The molecule has 0 heterocycles. The average Bonchev–Trinajstić information content (AvgIpc) is 2.71. The van der Waals surface area contributed by atoms with Crippen molar-refractivity contribution in [1.29, 1.82) is 0 Å². The molecule has 0 aliphatic heterocycles. The zero-order valence-corrected chi connectivity index (χ0v) is 18.2. The van der Waals surface area contributed by atoms with Gasteiger partial charge in [0.25, 0.3) is 0 Å². The standard InChI is InChI=1S/C21H26ClO6P/c1-21(2,13-20(23)25-17-22)16-28-29(24,26-14-18-9-5-3-6-10-18)27-15-19-11-7-4-8-12-19/h3-12H,13-17H2,1-2H3. The predicted molar refractivity (Wildman–Crippen MR) is 111 cm³/mol. The van der Waals surface area contributed by atoms with Crippen LogP contribution < -0.4 is 0 Å². The number of carbonyl (C=O) groups excluding carboxylic acids is 1. The number of hydrogen-bond acceptors (Lipinski definition) is 6. The Morgan fingerprint density at radius 1 is 0.897 bits per heavy atom. The largest absolute Gasteiger partial charge is 0.475 e. The molecule has 0 spiro atoms. The highest BCUT2D eigenvalue weighted by atomic mass is 35.5. The topological polar surface area (TPSA) is 71.1 Å². The third-order valence-corrected chi connectivity index (χ3v) is 5.36. The first-order chi connectivity index (χ1) is 13.8. The van der Waals surface area contributed by atoms with Gasteiger partial charge in [-0.15, -0.1) is 0 Å². The Labute approximate surface area is 176 Å². The number of phosphoric ester groups is 1. The van der Waals surface area contributed by atoms with Gasteiger partial charge in [-0.05, 0) is 16.5 Å². The lowest BCUT2D eigenvalue weighted by molar-refractivity contribution is -0.144. The van der Waals surface area contributed by atoms with Crippen LogP contribution >= 0.6 is 19.4 Å². The first kappa shape index (κ1) is 23.6. The second-order valence-electron chi connectivity index (χ2n) is 7.21. The van der Waals surface area contributed by atoms with Gasteiger partial charge >= 0.3 is 13.8 Å². The summed E-state index contributed by atoms with van der Waals surface area (Å²) in [6.07, 6.45) is 0.0527. The van der Waals surface area contributed by atoms with Crippen LogP contribution in [-0.4, -0.2) is 18.6 Å². The van der Waals surface area contributed by atoms with Gasteiger partial charge in [0.1, 0.15) is 0 Å². The van der Waals surface area contributed by atoms with Crippen LogP contribution in [0.25, 0.3) is 0 Å². The Balaban J connectivity index is 2.02. The van der Waals surface area contributed by atoms with E-state index in [0.717, 1.165) is 11.1 Å². The number of carbonyl (C=O) groups is 1. The van der Waals surface area contributed by atoms with E-state index >= 15 is 0 Å². The molecule has 0 fully saturated rings. The number of phosphoric acid groups is 1. The van der Waals surface area contributed by atoms with Gasteiger partial charge in [-0.25, -0.2) is 4.57 Å². The van der Waals surface area contributed by atoms with Crippen molar-refractivity contribution in [3.8, 4) is 0 Å². The molecule has 0 saturated heterocycles. The minimum Gasteiger partial charge on any atom is -0.449 e. The van der Waals surface area contributed by atoms with Crippen LogP contribution in [0.2, 0.25) is 0 Å². The van der Waals surface area contributed by atoms with Crippen molar-refractivity contribution in [2.75, 3.05) is 12.7 Å². The minimum absolute atomic E-state index is 0.0226. The van der Waals surface area contributed by atoms with Gasteiger partial charge in [0.2, 0.25) is 0 Å². The zero-order valence-electron chi connectivity index (χ0n) is 16.6. The molecule has 0 aliphatic carbocycles. The summed E-state index contributed by atoms with van der Waals surface area (Å²) in [6, 6.07) is 18.4. The van der Waals surface area contributed by atoms with Crippen LogP contribution in [0, 0.1) is 5.41 Å². The van der Waals surface area contributed by atoms with Crippen molar-refractivity contribution in [2.24, 2.45) is 5.41 Å². The second kappa shape index (κ2) is 11.5. The summed E-state index contributed by atoms with van der Waals surface area (Å²) < 4.78 is 34.7. The van der Waals surface area contributed by atoms with Crippen LogP contribution in [0.3, 0.4) is 0 Å². The minimum atomic E-state index is -3.88. The van der Waals surface area contributed by atoms with E-state index in [2.05, 4.69) is 0 Å². The second-order valence-corrected chi connectivity index (χ2v) is 9.09. The van der Waals surface area contributed by atoms with Crippen LogP contribution in [0.5, 0.6) is 0 Å². The van der Waals surface area contributed by atoms with E-state index in [-0.39, 0.29) is 32.3 Å². The molecule has 0 saturated carbocycles. The van der Waals surface area contributed by atoms with E-state index in [1.165, 1.54) is 0 Å². The number of halogens is 1. The van der Waals surface area contributed by atoms with Gasteiger partial charge < -0.3 is 4.74 Å². The molecule has 2 rings (SSSR count). The van der Waals surface area contributed by atoms with Crippen molar-refractivity contribution < 1.29 is 27.7 Å². The monoisotopic (exact) mass is 440 g/mol. The first-order valence-corrected chi connectivity index (χ1v) is 11.1. The molecule has 0 unspecified atom stereocenters. The molecule has 0 N–H and O–H groups in total. The Bertz CT molecular complexity index is 750. The summed E-state index contributed by atoms with van der Waals surface area (Å²) in [5.74, 6) is -0.459. The Hall–Kier alpha value is -1.69. The molecule has 29 heavy (non-hydrogen) atoms. The van der Waals surface area contributed by atoms with E-state index in [4.69, 9.17) is 29.9 Å². The molecule has 0 aliphatic rings. The van der Waals surface area contributed by atoms with Crippen molar-refractivity contribution in [1.82, 2.24) is 0 Å². The van der Waals surface area contributed by atoms with Gasteiger partial charge in [-0.3, -0.25) is 18.4 Å². The Morgan fingerprint density at radius 3 is 1.83 bits per heavy atom. The molecular formula is C21H26ClO6P. The Kier molecular flexibility index (Phi) is 9.34. The van der Waals surface area contributed by atoms with Crippen LogP contribution in [0.1, 0.15) is 31.4 Å².